The van der Waals surface area contributed by atoms with Gasteiger partial charge in [-0.3, -0.25) is 0 Å². The normalized spacial score (nSPS) is 12.9. The Morgan fingerprint density at radius 1 is 1.40 bits per heavy atom. The highest BCUT2D eigenvalue weighted by molar-refractivity contribution is 7.86. The number of benzene rings is 1. The van der Waals surface area contributed by atoms with Gasteiger partial charge in [-0.2, -0.15) is 8.42 Å². The predicted octanol–water partition coefficient (Wildman–Crippen LogP) is 1.75. The van der Waals surface area contributed by atoms with E-state index >= 15 is 0 Å². The van der Waals surface area contributed by atoms with Crippen molar-refractivity contribution < 1.29 is 17.0 Å². The van der Waals surface area contributed by atoms with E-state index in [9.17, 15) is 12.3 Å². The molecule has 0 spiro atoms. The van der Waals surface area contributed by atoms with Crippen LogP contribution in [0.3, 0.4) is 0 Å². The van der Waals surface area contributed by atoms with Gasteiger partial charge in [-0.1, -0.05) is 5.92 Å². The Morgan fingerprint density at radius 3 is 2.33 bits per heavy atom. The average molecular weight is 228 g/mol. The van der Waals surface area contributed by atoms with E-state index in [4.69, 9.17) is 11.2 Å². The van der Waals surface area contributed by atoms with E-state index in [0.29, 0.717) is 5.75 Å². The van der Waals surface area contributed by atoms with Crippen LogP contribution in [-0.2, 0) is 10.2 Å². The molecule has 1 aromatic rings. The summed E-state index contributed by atoms with van der Waals surface area (Å²) in [5.74, 6) is 2.74. The number of halogens is 1. The van der Waals surface area contributed by atoms with Gasteiger partial charge >= 0.3 is 10.2 Å². The molecule has 1 atom stereocenters. The van der Waals surface area contributed by atoms with Crippen molar-refractivity contribution in [3.8, 4) is 18.1 Å². The third-order valence-corrected chi connectivity index (χ3v) is 2.49. The van der Waals surface area contributed by atoms with Crippen molar-refractivity contribution in [1.82, 2.24) is 0 Å². The molecule has 1 unspecified atom stereocenters. The molecule has 0 aliphatic rings. The molecule has 0 saturated carbocycles. The van der Waals surface area contributed by atoms with Gasteiger partial charge in [0.05, 0.1) is 4.90 Å². The second-order valence-electron chi connectivity index (χ2n) is 2.84. The lowest BCUT2D eigenvalue weighted by molar-refractivity contribution is 0.279. The van der Waals surface area contributed by atoms with Crippen LogP contribution in [0, 0.1) is 12.3 Å². The van der Waals surface area contributed by atoms with Crippen molar-refractivity contribution in [3.63, 3.8) is 0 Å². The molecule has 1 aromatic carbocycles. The molecule has 0 radical (unpaired) electrons. The largest absolute Gasteiger partial charge is 0.478 e. The molecule has 0 fully saturated rings. The summed E-state index contributed by atoms with van der Waals surface area (Å²) in [4.78, 5) is -0.400. The van der Waals surface area contributed by atoms with Crippen LogP contribution < -0.4 is 4.74 Å². The maximum atomic E-state index is 12.5. The van der Waals surface area contributed by atoms with Crippen LogP contribution in [0.1, 0.15) is 6.92 Å². The summed E-state index contributed by atoms with van der Waals surface area (Å²) in [5.41, 5.74) is 0. The van der Waals surface area contributed by atoms with Crippen LogP contribution >= 0.6 is 0 Å². The average Bonchev–Trinajstić information content (AvgIpc) is 2.17. The zero-order chi connectivity index (χ0) is 11.5. The van der Waals surface area contributed by atoms with Crippen LogP contribution in [0.25, 0.3) is 0 Å². The molecule has 0 amide bonds. The first-order valence-corrected chi connectivity index (χ1v) is 5.49. The Kier molecular flexibility index (Phi) is 3.32. The second kappa shape index (κ2) is 4.32. The highest BCUT2D eigenvalue weighted by Crippen LogP contribution is 2.18. The van der Waals surface area contributed by atoms with Crippen molar-refractivity contribution in [2.45, 2.75) is 17.9 Å². The van der Waals surface area contributed by atoms with Gasteiger partial charge in [-0.15, -0.1) is 10.3 Å². The van der Waals surface area contributed by atoms with Crippen molar-refractivity contribution in [3.05, 3.63) is 24.3 Å². The van der Waals surface area contributed by atoms with Crippen LogP contribution in [0.2, 0.25) is 0 Å². The molecule has 15 heavy (non-hydrogen) atoms. The molecule has 0 aromatic heterocycles. The molecule has 0 aliphatic heterocycles. The number of hydrogen-bond acceptors (Lipinski definition) is 3. The van der Waals surface area contributed by atoms with Crippen LogP contribution in [-0.4, -0.2) is 14.5 Å². The molecule has 0 saturated heterocycles. The summed E-state index contributed by atoms with van der Waals surface area (Å²) in [6.45, 7) is 1.67. The van der Waals surface area contributed by atoms with Gasteiger partial charge in [0.2, 0.25) is 0 Å². The van der Waals surface area contributed by atoms with E-state index in [-0.39, 0.29) is 0 Å². The summed E-state index contributed by atoms with van der Waals surface area (Å²) >= 11 is 0. The highest BCUT2D eigenvalue weighted by atomic mass is 32.3. The van der Waals surface area contributed by atoms with Gasteiger partial charge < -0.3 is 4.74 Å². The topological polar surface area (TPSA) is 43.4 Å². The summed E-state index contributed by atoms with van der Waals surface area (Å²) in [5, 5.41) is 0. The maximum absolute atomic E-state index is 12.5. The van der Waals surface area contributed by atoms with E-state index in [2.05, 4.69) is 5.92 Å². The Hall–Kier alpha value is -1.54. The first-order chi connectivity index (χ1) is 6.93. The second-order valence-corrected chi connectivity index (χ2v) is 4.18. The standard InChI is InChI=1S/C10H9FO3S/c1-3-8(2)14-9-4-6-10(7-5-9)15(11,12)13/h1,4-8H,2H3. The van der Waals surface area contributed by atoms with Crippen molar-refractivity contribution in [2.24, 2.45) is 0 Å². The summed E-state index contributed by atoms with van der Waals surface area (Å²) in [7, 11) is -4.65. The lowest BCUT2D eigenvalue weighted by Gasteiger charge is -2.08. The van der Waals surface area contributed by atoms with E-state index < -0.39 is 21.2 Å². The molecule has 0 bridgehead atoms. The summed E-state index contributed by atoms with van der Waals surface area (Å²) in [6.07, 6.45) is 4.67. The fourth-order valence-electron chi connectivity index (χ4n) is 0.919. The van der Waals surface area contributed by atoms with Gasteiger partial charge in [0.1, 0.15) is 5.75 Å². The zero-order valence-electron chi connectivity index (χ0n) is 7.98. The SMILES string of the molecule is C#CC(C)Oc1ccc(S(=O)(=O)F)cc1. The molecule has 0 heterocycles. The maximum Gasteiger partial charge on any atom is 0.332 e. The molecular weight excluding hydrogens is 219 g/mol. The van der Waals surface area contributed by atoms with E-state index in [1.807, 2.05) is 0 Å². The molecule has 3 nitrogen and oxygen atoms in total. The lowest BCUT2D eigenvalue weighted by Crippen LogP contribution is -2.08. The van der Waals surface area contributed by atoms with Crippen molar-refractivity contribution in [2.75, 3.05) is 0 Å². The zero-order valence-corrected chi connectivity index (χ0v) is 8.79. The minimum atomic E-state index is -4.65. The highest BCUT2D eigenvalue weighted by Gasteiger charge is 2.11. The van der Waals surface area contributed by atoms with E-state index in [0.717, 1.165) is 12.1 Å². The van der Waals surface area contributed by atoms with Crippen LogP contribution in [0.15, 0.2) is 29.2 Å². The third-order valence-electron chi connectivity index (χ3n) is 1.65. The van der Waals surface area contributed by atoms with Gasteiger partial charge in [0.25, 0.3) is 0 Å². The van der Waals surface area contributed by atoms with Gasteiger partial charge in [0, 0.05) is 0 Å². The predicted molar refractivity (Wildman–Crippen MR) is 53.7 cm³/mol. The Balaban J connectivity index is 2.88. The van der Waals surface area contributed by atoms with E-state index in [1.165, 1.54) is 12.1 Å². The molecule has 0 N–H and O–H groups in total. The minimum Gasteiger partial charge on any atom is -0.478 e. The number of rotatable bonds is 3. The molecule has 1 rings (SSSR count). The number of terminal acetylenes is 1. The lowest BCUT2D eigenvalue weighted by atomic mass is 10.3. The molecule has 5 heteroatoms. The first kappa shape index (κ1) is 11.5. The van der Waals surface area contributed by atoms with Gasteiger partial charge in [-0.25, -0.2) is 0 Å². The fraction of sp³-hybridized carbons (Fsp3) is 0.200. The monoisotopic (exact) mass is 228 g/mol. The summed E-state index contributed by atoms with van der Waals surface area (Å²) in [6, 6.07) is 4.93. The smallest absolute Gasteiger partial charge is 0.332 e. The number of hydrogen-bond donors (Lipinski definition) is 0. The quantitative estimate of drug-likeness (QED) is 0.584. The summed E-state index contributed by atoms with van der Waals surface area (Å²) < 4.78 is 38.6. The first-order valence-electron chi connectivity index (χ1n) is 4.11. The third kappa shape index (κ3) is 3.26. The molecular formula is C10H9FO3S. The van der Waals surface area contributed by atoms with Gasteiger partial charge in [-0.05, 0) is 31.2 Å². The molecule has 0 aliphatic carbocycles. The molecule has 80 valence electrons. The Bertz CT molecular complexity index is 470. The van der Waals surface area contributed by atoms with Gasteiger partial charge in [0.15, 0.2) is 6.10 Å². The van der Waals surface area contributed by atoms with Crippen LogP contribution in [0.5, 0.6) is 5.75 Å². The number of ether oxygens (including phenoxy) is 1. The Morgan fingerprint density at radius 2 is 1.93 bits per heavy atom. The van der Waals surface area contributed by atoms with Crippen molar-refractivity contribution in [1.29, 1.82) is 0 Å². The minimum absolute atomic E-state index is 0.396. The van der Waals surface area contributed by atoms with Crippen molar-refractivity contribution >= 4 is 10.2 Å². The Labute approximate surface area is 88.1 Å². The van der Waals surface area contributed by atoms with E-state index in [1.54, 1.807) is 6.92 Å². The fourth-order valence-corrected chi connectivity index (χ4v) is 1.38. The van der Waals surface area contributed by atoms with Crippen LogP contribution in [0.4, 0.5) is 3.89 Å².